The van der Waals surface area contributed by atoms with Gasteiger partial charge < -0.3 is 10.3 Å². The second kappa shape index (κ2) is 3.31. The average Bonchev–Trinajstić information content (AvgIpc) is 2.72. The van der Waals surface area contributed by atoms with Crippen LogP contribution in [0.5, 0.6) is 0 Å². The zero-order chi connectivity index (χ0) is 9.31. The fourth-order valence-electron chi connectivity index (χ4n) is 1.36. The quantitative estimate of drug-likeness (QED) is 0.767. The molecule has 0 amide bonds. The third-order valence-corrected chi connectivity index (χ3v) is 3.48. The van der Waals surface area contributed by atoms with Gasteiger partial charge in [0.2, 0.25) is 5.89 Å². The lowest BCUT2D eigenvalue weighted by Crippen LogP contribution is -2.37. The Balaban J connectivity index is 2.23. The van der Waals surface area contributed by atoms with Crippen molar-refractivity contribution in [3.8, 4) is 0 Å². The van der Waals surface area contributed by atoms with Crippen molar-refractivity contribution in [2.24, 2.45) is 5.73 Å². The fraction of sp³-hybridized carbons (Fsp3) is 0.750. The first kappa shape index (κ1) is 9.02. The summed E-state index contributed by atoms with van der Waals surface area (Å²) < 4.78 is 5.04. The predicted octanol–water partition coefficient (Wildman–Crippen LogP) is 0.923. The molecular formula is C8H13N3OS. The molecule has 2 heterocycles. The van der Waals surface area contributed by atoms with Crippen LogP contribution in [0.15, 0.2) is 4.52 Å². The van der Waals surface area contributed by atoms with Gasteiger partial charge in [0.25, 0.3) is 0 Å². The number of nitrogens with two attached hydrogens (primary N) is 1. The summed E-state index contributed by atoms with van der Waals surface area (Å²) in [6.07, 6.45) is 1.72. The maximum atomic E-state index is 6.14. The lowest BCUT2D eigenvalue weighted by molar-refractivity contribution is 0.359. The maximum absolute atomic E-state index is 6.14. The standard InChI is InChI=1S/C8H13N3OS/c1-2-6-10-7(11-12-6)8(9)3-4-13-5-8/h2-5,9H2,1H3. The second-order valence-corrected chi connectivity index (χ2v) is 4.43. The van der Waals surface area contributed by atoms with Crippen molar-refractivity contribution in [3.05, 3.63) is 11.7 Å². The Labute approximate surface area is 81.3 Å². The predicted molar refractivity (Wildman–Crippen MR) is 51.5 cm³/mol. The molecule has 1 aliphatic heterocycles. The largest absolute Gasteiger partial charge is 0.339 e. The van der Waals surface area contributed by atoms with Crippen LogP contribution in [-0.2, 0) is 12.0 Å². The summed E-state index contributed by atoms with van der Waals surface area (Å²) in [6.45, 7) is 1.99. The van der Waals surface area contributed by atoms with E-state index in [1.165, 1.54) is 0 Å². The molecule has 1 unspecified atom stereocenters. The lowest BCUT2D eigenvalue weighted by Gasteiger charge is -2.16. The monoisotopic (exact) mass is 199 g/mol. The van der Waals surface area contributed by atoms with Gasteiger partial charge in [-0.15, -0.1) is 0 Å². The van der Waals surface area contributed by atoms with E-state index in [0.717, 1.165) is 24.3 Å². The molecule has 0 bridgehead atoms. The summed E-state index contributed by atoms with van der Waals surface area (Å²) in [7, 11) is 0. The highest BCUT2D eigenvalue weighted by Gasteiger charge is 2.36. The van der Waals surface area contributed by atoms with Crippen molar-refractivity contribution in [1.82, 2.24) is 10.1 Å². The molecular weight excluding hydrogens is 186 g/mol. The van der Waals surface area contributed by atoms with E-state index in [2.05, 4.69) is 10.1 Å². The van der Waals surface area contributed by atoms with Crippen molar-refractivity contribution >= 4 is 11.8 Å². The van der Waals surface area contributed by atoms with Gasteiger partial charge in [-0.1, -0.05) is 12.1 Å². The van der Waals surface area contributed by atoms with Gasteiger partial charge >= 0.3 is 0 Å². The number of hydrogen-bond acceptors (Lipinski definition) is 5. The number of aryl methyl sites for hydroxylation is 1. The van der Waals surface area contributed by atoms with Crippen molar-refractivity contribution in [2.45, 2.75) is 25.3 Å². The Morgan fingerprint density at radius 3 is 3.08 bits per heavy atom. The van der Waals surface area contributed by atoms with Crippen molar-refractivity contribution in [2.75, 3.05) is 11.5 Å². The summed E-state index contributed by atoms with van der Waals surface area (Å²) in [4.78, 5) is 4.27. The molecule has 1 fully saturated rings. The van der Waals surface area contributed by atoms with Crippen LogP contribution < -0.4 is 5.73 Å². The molecule has 5 heteroatoms. The minimum absolute atomic E-state index is 0.346. The SMILES string of the molecule is CCc1nc(C2(N)CCSC2)no1. The Morgan fingerprint density at radius 2 is 2.54 bits per heavy atom. The first-order valence-corrected chi connectivity index (χ1v) is 5.60. The van der Waals surface area contributed by atoms with E-state index in [-0.39, 0.29) is 5.54 Å². The van der Waals surface area contributed by atoms with Crippen LogP contribution >= 0.6 is 11.8 Å². The van der Waals surface area contributed by atoms with Crippen LogP contribution in [0.25, 0.3) is 0 Å². The third kappa shape index (κ3) is 1.58. The van der Waals surface area contributed by atoms with Gasteiger partial charge in [0.15, 0.2) is 5.82 Å². The van der Waals surface area contributed by atoms with Gasteiger partial charge in [-0.05, 0) is 12.2 Å². The van der Waals surface area contributed by atoms with Gasteiger partial charge in [0.1, 0.15) is 0 Å². The highest BCUT2D eigenvalue weighted by Crippen LogP contribution is 2.32. The average molecular weight is 199 g/mol. The maximum Gasteiger partial charge on any atom is 0.226 e. The van der Waals surface area contributed by atoms with Gasteiger partial charge in [-0.25, -0.2) is 0 Å². The molecule has 13 heavy (non-hydrogen) atoms. The van der Waals surface area contributed by atoms with Crippen LogP contribution in [0.1, 0.15) is 25.1 Å². The molecule has 1 aliphatic rings. The zero-order valence-electron chi connectivity index (χ0n) is 7.62. The molecule has 1 aromatic rings. The van der Waals surface area contributed by atoms with E-state index < -0.39 is 0 Å². The van der Waals surface area contributed by atoms with Crippen LogP contribution in [0.2, 0.25) is 0 Å². The number of rotatable bonds is 2. The topological polar surface area (TPSA) is 64.9 Å². The molecule has 0 radical (unpaired) electrons. The first-order valence-electron chi connectivity index (χ1n) is 4.44. The van der Waals surface area contributed by atoms with E-state index in [1.807, 2.05) is 18.7 Å². The fourth-order valence-corrected chi connectivity index (χ4v) is 2.65. The van der Waals surface area contributed by atoms with Gasteiger partial charge in [0, 0.05) is 12.2 Å². The first-order chi connectivity index (χ1) is 6.24. The van der Waals surface area contributed by atoms with E-state index in [1.54, 1.807) is 0 Å². The van der Waals surface area contributed by atoms with Crippen LogP contribution in [-0.4, -0.2) is 21.6 Å². The normalized spacial score (nSPS) is 28.2. The Morgan fingerprint density at radius 1 is 1.69 bits per heavy atom. The molecule has 4 nitrogen and oxygen atoms in total. The second-order valence-electron chi connectivity index (χ2n) is 3.32. The van der Waals surface area contributed by atoms with E-state index >= 15 is 0 Å². The van der Waals surface area contributed by atoms with Gasteiger partial charge in [-0.3, -0.25) is 0 Å². The molecule has 1 aromatic heterocycles. The summed E-state index contributed by atoms with van der Waals surface area (Å²) in [6, 6.07) is 0. The summed E-state index contributed by atoms with van der Waals surface area (Å²) in [5.41, 5.74) is 5.80. The van der Waals surface area contributed by atoms with Gasteiger partial charge in [-0.2, -0.15) is 16.7 Å². The Kier molecular flexibility index (Phi) is 2.29. The Bertz CT molecular complexity index is 293. The van der Waals surface area contributed by atoms with E-state index in [9.17, 15) is 0 Å². The smallest absolute Gasteiger partial charge is 0.226 e. The molecule has 1 atom stereocenters. The summed E-state index contributed by atoms with van der Waals surface area (Å²) in [5.74, 6) is 3.34. The summed E-state index contributed by atoms with van der Waals surface area (Å²) >= 11 is 1.85. The van der Waals surface area contributed by atoms with Gasteiger partial charge in [0.05, 0.1) is 5.54 Å². The minimum Gasteiger partial charge on any atom is -0.339 e. The number of thioether (sulfide) groups is 1. The minimum atomic E-state index is -0.346. The number of aromatic nitrogens is 2. The summed E-state index contributed by atoms with van der Waals surface area (Å²) in [5, 5.41) is 3.92. The molecule has 2 rings (SSSR count). The van der Waals surface area contributed by atoms with Crippen molar-refractivity contribution in [1.29, 1.82) is 0 Å². The molecule has 1 saturated heterocycles. The lowest BCUT2D eigenvalue weighted by atomic mass is 10.0. The molecule has 0 saturated carbocycles. The zero-order valence-corrected chi connectivity index (χ0v) is 8.43. The highest BCUT2D eigenvalue weighted by atomic mass is 32.2. The van der Waals surface area contributed by atoms with E-state index in [4.69, 9.17) is 10.3 Å². The van der Waals surface area contributed by atoms with Crippen molar-refractivity contribution in [3.63, 3.8) is 0 Å². The van der Waals surface area contributed by atoms with Crippen LogP contribution in [0, 0.1) is 0 Å². The Hall–Kier alpha value is -0.550. The molecule has 0 aromatic carbocycles. The third-order valence-electron chi connectivity index (χ3n) is 2.27. The van der Waals surface area contributed by atoms with Crippen LogP contribution in [0.4, 0.5) is 0 Å². The highest BCUT2D eigenvalue weighted by molar-refractivity contribution is 7.99. The molecule has 2 N–H and O–H groups in total. The number of nitrogens with zero attached hydrogens (tertiary/aromatic N) is 2. The van der Waals surface area contributed by atoms with Crippen LogP contribution in [0.3, 0.4) is 0 Å². The van der Waals surface area contributed by atoms with Crippen molar-refractivity contribution < 1.29 is 4.52 Å². The molecule has 0 spiro atoms. The number of hydrogen-bond donors (Lipinski definition) is 1. The molecule has 0 aliphatic carbocycles. The molecule has 72 valence electrons. The van der Waals surface area contributed by atoms with E-state index in [0.29, 0.717) is 11.7 Å².